The van der Waals surface area contributed by atoms with E-state index in [1.165, 1.54) is 0 Å². The van der Waals surface area contributed by atoms with E-state index < -0.39 is 11.9 Å². The molecule has 0 aromatic heterocycles. The molecule has 0 saturated heterocycles. The standard InChI is InChI=1S/C12H10O4/c1-7-10(12(14)16-11(7)13)8-3-5-9(15-2)6-4-8/h3-6H,1-2H3. The van der Waals surface area contributed by atoms with Crippen molar-refractivity contribution in [2.24, 2.45) is 0 Å². The Hall–Kier alpha value is -2.10. The Labute approximate surface area is 92.5 Å². The first-order valence-electron chi connectivity index (χ1n) is 4.75. The fraction of sp³-hybridized carbons (Fsp3) is 0.167. The zero-order chi connectivity index (χ0) is 11.7. The monoisotopic (exact) mass is 218 g/mol. The SMILES string of the molecule is COc1ccc(C2=C(C)C(=O)OC2=O)cc1. The van der Waals surface area contributed by atoms with Crippen LogP contribution in [0.5, 0.6) is 5.75 Å². The number of carbonyl (C=O) groups is 2. The van der Waals surface area contributed by atoms with Crippen LogP contribution in [-0.2, 0) is 14.3 Å². The summed E-state index contributed by atoms with van der Waals surface area (Å²) in [5, 5.41) is 0. The lowest BCUT2D eigenvalue weighted by molar-refractivity contribution is -0.150. The van der Waals surface area contributed by atoms with Crippen LogP contribution >= 0.6 is 0 Å². The van der Waals surface area contributed by atoms with Crippen LogP contribution in [0.4, 0.5) is 0 Å². The van der Waals surface area contributed by atoms with E-state index in [1.807, 2.05) is 0 Å². The average Bonchev–Trinajstić information content (AvgIpc) is 2.54. The van der Waals surface area contributed by atoms with Gasteiger partial charge >= 0.3 is 11.9 Å². The second kappa shape index (κ2) is 3.81. The molecule has 1 aliphatic rings. The van der Waals surface area contributed by atoms with Crippen LogP contribution in [0.25, 0.3) is 5.57 Å². The maximum absolute atomic E-state index is 11.4. The molecule has 2 rings (SSSR count). The number of benzene rings is 1. The fourth-order valence-electron chi connectivity index (χ4n) is 1.56. The number of hydrogen-bond acceptors (Lipinski definition) is 4. The van der Waals surface area contributed by atoms with Gasteiger partial charge in [0.2, 0.25) is 0 Å². The van der Waals surface area contributed by atoms with E-state index >= 15 is 0 Å². The van der Waals surface area contributed by atoms with Crippen molar-refractivity contribution in [1.29, 1.82) is 0 Å². The molecule has 0 spiro atoms. The van der Waals surface area contributed by atoms with Crippen LogP contribution in [-0.4, -0.2) is 19.0 Å². The Kier molecular flexibility index (Phi) is 2.48. The lowest BCUT2D eigenvalue weighted by Crippen LogP contribution is -2.01. The third-order valence-corrected chi connectivity index (χ3v) is 2.45. The molecule has 1 aromatic carbocycles. The Morgan fingerprint density at radius 1 is 1.06 bits per heavy atom. The highest BCUT2D eigenvalue weighted by molar-refractivity contribution is 6.30. The summed E-state index contributed by atoms with van der Waals surface area (Å²) in [7, 11) is 1.56. The minimum Gasteiger partial charge on any atom is -0.497 e. The Bertz CT molecular complexity index is 482. The molecule has 0 amide bonds. The highest BCUT2D eigenvalue weighted by Gasteiger charge is 2.30. The maximum atomic E-state index is 11.4. The molecule has 0 atom stereocenters. The van der Waals surface area contributed by atoms with Crippen molar-refractivity contribution < 1.29 is 19.1 Å². The molecule has 0 saturated carbocycles. The Morgan fingerprint density at radius 2 is 1.69 bits per heavy atom. The molecule has 4 nitrogen and oxygen atoms in total. The molecule has 0 radical (unpaired) electrons. The Morgan fingerprint density at radius 3 is 2.12 bits per heavy atom. The summed E-state index contributed by atoms with van der Waals surface area (Å²) in [5.74, 6) is -0.469. The van der Waals surface area contributed by atoms with Crippen LogP contribution in [0.2, 0.25) is 0 Å². The second-order valence-electron chi connectivity index (χ2n) is 3.41. The van der Waals surface area contributed by atoms with Crippen molar-refractivity contribution in [2.75, 3.05) is 7.11 Å². The number of ether oxygens (including phenoxy) is 2. The lowest BCUT2D eigenvalue weighted by atomic mass is 10.0. The van der Waals surface area contributed by atoms with E-state index in [2.05, 4.69) is 4.74 Å². The average molecular weight is 218 g/mol. The number of cyclic esters (lactones) is 2. The van der Waals surface area contributed by atoms with E-state index in [1.54, 1.807) is 38.3 Å². The molecular formula is C12H10O4. The number of esters is 2. The highest BCUT2D eigenvalue weighted by atomic mass is 16.6. The van der Waals surface area contributed by atoms with Gasteiger partial charge in [-0.25, -0.2) is 9.59 Å². The predicted molar refractivity (Wildman–Crippen MR) is 56.7 cm³/mol. The molecule has 16 heavy (non-hydrogen) atoms. The molecule has 0 aliphatic carbocycles. The van der Waals surface area contributed by atoms with Crippen molar-refractivity contribution >= 4 is 17.5 Å². The highest BCUT2D eigenvalue weighted by Crippen LogP contribution is 2.27. The zero-order valence-corrected chi connectivity index (χ0v) is 8.94. The van der Waals surface area contributed by atoms with Crippen LogP contribution in [0, 0.1) is 0 Å². The van der Waals surface area contributed by atoms with Gasteiger partial charge in [0.05, 0.1) is 12.7 Å². The minimum atomic E-state index is -0.590. The van der Waals surface area contributed by atoms with Crippen LogP contribution in [0.3, 0.4) is 0 Å². The molecular weight excluding hydrogens is 208 g/mol. The van der Waals surface area contributed by atoms with Crippen molar-refractivity contribution in [2.45, 2.75) is 6.92 Å². The van der Waals surface area contributed by atoms with Gasteiger partial charge in [0.15, 0.2) is 0 Å². The summed E-state index contributed by atoms with van der Waals surface area (Å²) < 4.78 is 9.52. The van der Waals surface area contributed by atoms with E-state index in [0.29, 0.717) is 22.5 Å². The van der Waals surface area contributed by atoms with Crippen molar-refractivity contribution in [3.05, 3.63) is 35.4 Å². The normalized spacial score (nSPS) is 15.4. The third kappa shape index (κ3) is 1.58. The van der Waals surface area contributed by atoms with Crippen LogP contribution in [0.1, 0.15) is 12.5 Å². The first-order valence-corrected chi connectivity index (χ1v) is 4.75. The summed E-state index contributed by atoms with van der Waals surface area (Å²) in [6, 6.07) is 6.90. The molecule has 0 bridgehead atoms. The summed E-state index contributed by atoms with van der Waals surface area (Å²) in [6.45, 7) is 1.58. The van der Waals surface area contributed by atoms with E-state index in [4.69, 9.17) is 4.74 Å². The van der Waals surface area contributed by atoms with Gasteiger partial charge in [0, 0.05) is 5.57 Å². The molecule has 0 unspecified atom stereocenters. The summed E-state index contributed by atoms with van der Waals surface area (Å²) in [6.07, 6.45) is 0. The number of carbonyl (C=O) groups excluding carboxylic acids is 2. The molecule has 82 valence electrons. The number of methoxy groups -OCH3 is 1. The second-order valence-corrected chi connectivity index (χ2v) is 3.41. The molecule has 1 heterocycles. The van der Waals surface area contributed by atoms with E-state index in [0.717, 1.165) is 0 Å². The molecule has 0 fully saturated rings. The van der Waals surface area contributed by atoms with Gasteiger partial charge < -0.3 is 9.47 Å². The largest absolute Gasteiger partial charge is 0.497 e. The topological polar surface area (TPSA) is 52.6 Å². The van der Waals surface area contributed by atoms with Crippen LogP contribution < -0.4 is 4.74 Å². The number of hydrogen-bond donors (Lipinski definition) is 0. The quantitative estimate of drug-likeness (QED) is 0.558. The van der Waals surface area contributed by atoms with Crippen molar-refractivity contribution in [3.8, 4) is 5.75 Å². The van der Waals surface area contributed by atoms with Gasteiger partial charge in [-0.2, -0.15) is 0 Å². The van der Waals surface area contributed by atoms with Gasteiger partial charge in [0.25, 0.3) is 0 Å². The lowest BCUT2D eigenvalue weighted by Gasteiger charge is -2.02. The van der Waals surface area contributed by atoms with Gasteiger partial charge in [-0.05, 0) is 24.6 Å². The van der Waals surface area contributed by atoms with E-state index in [9.17, 15) is 9.59 Å². The number of rotatable bonds is 2. The smallest absolute Gasteiger partial charge is 0.347 e. The Balaban J connectivity index is 2.44. The van der Waals surface area contributed by atoms with Crippen molar-refractivity contribution in [1.82, 2.24) is 0 Å². The summed E-state index contributed by atoms with van der Waals surface area (Å²) >= 11 is 0. The zero-order valence-electron chi connectivity index (χ0n) is 8.94. The summed E-state index contributed by atoms with van der Waals surface area (Å²) in [4.78, 5) is 22.6. The maximum Gasteiger partial charge on any atom is 0.347 e. The molecule has 0 N–H and O–H groups in total. The molecule has 1 aromatic rings. The van der Waals surface area contributed by atoms with Gasteiger partial charge in [-0.15, -0.1) is 0 Å². The minimum absolute atomic E-state index is 0.327. The molecule has 1 aliphatic heterocycles. The fourth-order valence-corrected chi connectivity index (χ4v) is 1.56. The van der Waals surface area contributed by atoms with Gasteiger partial charge in [-0.1, -0.05) is 12.1 Å². The third-order valence-electron chi connectivity index (χ3n) is 2.45. The first kappa shape index (κ1) is 10.4. The summed E-state index contributed by atoms with van der Waals surface area (Å²) in [5.41, 5.74) is 1.33. The predicted octanol–water partition coefficient (Wildman–Crippen LogP) is 1.55. The van der Waals surface area contributed by atoms with Gasteiger partial charge in [0.1, 0.15) is 5.75 Å². The first-order chi connectivity index (χ1) is 7.63. The molecule has 4 heteroatoms. The van der Waals surface area contributed by atoms with Crippen molar-refractivity contribution in [3.63, 3.8) is 0 Å². The van der Waals surface area contributed by atoms with Gasteiger partial charge in [-0.3, -0.25) is 0 Å². The van der Waals surface area contributed by atoms with Crippen LogP contribution in [0.15, 0.2) is 29.8 Å². The van der Waals surface area contributed by atoms with E-state index in [-0.39, 0.29) is 0 Å².